The summed E-state index contributed by atoms with van der Waals surface area (Å²) in [6.07, 6.45) is 1.22. The van der Waals surface area contributed by atoms with Crippen molar-refractivity contribution in [3.05, 3.63) is 56.9 Å². The molecule has 0 radical (unpaired) electrons. The van der Waals surface area contributed by atoms with Crippen molar-refractivity contribution in [2.45, 2.75) is 12.3 Å². The fourth-order valence-electron chi connectivity index (χ4n) is 3.62. The van der Waals surface area contributed by atoms with Gasteiger partial charge < -0.3 is 23.4 Å². The van der Waals surface area contributed by atoms with E-state index in [0.717, 1.165) is 0 Å². The van der Waals surface area contributed by atoms with Crippen LogP contribution in [0.25, 0.3) is 11.0 Å². The first kappa shape index (κ1) is 19.1. The highest BCUT2D eigenvalue weighted by molar-refractivity contribution is 6.30. The van der Waals surface area contributed by atoms with Gasteiger partial charge in [0.2, 0.25) is 5.43 Å². The lowest BCUT2D eigenvalue weighted by Crippen LogP contribution is -2.22. The summed E-state index contributed by atoms with van der Waals surface area (Å²) in [6.45, 7) is 0. The molecule has 7 nitrogen and oxygen atoms in total. The number of hydrogen-bond acceptors (Lipinski definition) is 7. The van der Waals surface area contributed by atoms with Crippen LogP contribution in [-0.2, 0) is 4.79 Å². The van der Waals surface area contributed by atoms with Gasteiger partial charge in [-0.05, 0) is 18.2 Å². The van der Waals surface area contributed by atoms with Crippen LogP contribution >= 0.6 is 11.6 Å². The molecule has 1 atom stereocenters. The highest BCUT2D eigenvalue weighted by Crippen LogP contribution is 2.47. The number of carbonyl (C=O) groups is 1. The number of hydrogen-bond donors (Lipinski definition) is 0. The van der Waals surface area contributed by atoms with Gasteiger partial charge in [0, 0.05) is 23.1 Å². The lowest BCUT2D eigenvalue weighted by Gasteiger charge is -2.27. The van der Waals surface area contributed by atoms with Crippen LogP contribution < -0.4 is 24.4 Å². The van der Waals surface area contributed by atoms with Gasteiger partial charge in [-0.15, -0.1) is 0 Å². The first-order valence-electron chi connectivity index (χ1n) is 8.73. The SMILES string of the molecule is COc1cc(OC)c([C@H]2CC(=O)Oc3ccc4c(=O)c(Cl)coc4c32)cc1OC. The van der Waals surface area contributed by atoms with Crippen molar-refractivity contribution in [3.8, 4) is 23.0 Å². The molecule has 4 rings (SSSR count). The van der Waals surface area contributed by atoms with E-state index in [9.17, 15) is 9.59 Å². The van der Waals surface area contributed by atoms with Crippen LogP contribution in [0.5, 0.6) is 23.0 Å². The number of carbonyl (C=O) groups excluding carboxylic acids is 1. The number of ether oxygens (including phenoxy) is 4. The van der Waals surface area contributed by atoms with Gasteiger partial charge in [-0.3, -0.25) is 9.59 Å². The summed E-state index contributed by atoms with van der Waals surface area (Å²) >= 11 is 5.93. The van der Waals surface area contributed by atoms with E-state index in [2.05, 4.69) is 0 Å². The Kier molecular flexibility index (Phi) is 4.84. The Morgan fingerprint density at radius 2 is 1.69 bits per heavy atom. The van der Waals surface area contributed by atoms with Crippen molar-refractivity contribution in [1.82, 2.24) is 0 Å². The molecule has 3 aromatic rings. The van der Waals surface area contributed by atoms with Crippen molar-refractivity contribution in [2.24, 2.45) is 0 Å². The van der Waals surface area contributed by atoms with Crippen molar-refractivity contribution >= 4 is 28.5 Å². The third-order valence-electron chi connectivity index (χ3n) is 4.95. The topological polar surface area (TPSA) is 84.2 Å². The number of fused-ring (bicyclic) bond motifs is 3. The van der Waals surface area contributed by atoms with E-state index in [0.29, 0.717) is 45.1 Å². The predicted molar refractivity (Wildman–Crippen MR) is 106 cm³/mol. The maximum Gasteiger partial charge on any atom is 0.312 e. The molecule has 1 aliphatic heterocycles. The monoisotopic (exact) mass is 416 g/mol. The van der Waals surface area contributed by atoms with Crippen LogP contribution in [0, 0.1) is 0 Å². The normalized spacial score (nSPS) is 15.6. The maximum atomic E-state index is 12.5. The van der Waals surface area contributed by atoms with Gasteiger partial charge in [0.25, 0.3) is 0 Å². The Morgan fingerprint density at radius 3 is 2.38 bits per heavy atom. The molecule has 8 heteroatoms. The predicted octanol–water partition coefficient (Wildman–Crippen LogP) is 3.91. The second-order valence-electron chi connectivity index (χ2n) is 6.45. The number of benzene rings is 2. The van der Waals surface area contributed by atoms with Crippen molar-refractivity contribution in [3.63, 3.8) is 0 Å². The molecule has 0 unspecified atom stereocenters. The van der Waals surface area contributed by atoms with E-state index >= 15 is 0 Å². The lowest BCUT2D eigenvalue weighted by molar-refractivity contribution is -0.135. The second-order valence-corrected chi connectivity index (χ2v) is 6.85. The minimum absolute atomic E-state index is 0.0227. The van der Waals surface area contributed by atoms with Crippen LogP contribution in [0.1, 0.15) is 23.5 Å². The van der Waals surface area contributed by atoms with Gasteiger partial charge >= 0.3 is 5.97 Å². The van der Waals surface area contributed by atoms with Crippen LogP contribution in [0.4, 0.5) is 0 Å². The average molecular weight is 417 g/mol. The van der Waals surface area contributed by atoms with Gasteiger partial charge in [0.05, 0.1) is 33.1 Å². The minimum atomic E-state index is -0.492. The molecule has 2 aromatic carbocycles. The van der Waals surface area contributed by atoms with E-state index < -0.39 is 11.9 Å². The summed E-state index contributed by atoms with van der Waals surface area (Å²) in [5.41, 5.74) is 1.20. The van der Waals surface area contributed by atoms with E-state index in [1.54, 1.807) is 18.2 Å². The zero-order valence-corrected chi connectivity index (χ0v) is 16.7. The van der Waals surface area contributed by atoms with Crippen LogP contribution in [-0.4, -0.2) is 27.3 Å². The van der Waals surface area contributed by atoms with Gasteiger partial charge in [0.1, 0.15) is 28.4 Å². The third-order valence-corrected chi connectivity index (χ3v) is 5.21. The Labute approximate surface area is 170 Å². The Bertz CT molecular complexity index is 1180. The summed E-state index contributed by atoms with van der Waals surface area (Å²) < 4.78 is 27.4. The van der Waals surface area contributed by atoms with E-state index in [1.807, 2.05) is 0 Å². The van der Waals surface area contributed by atoms with Crippen molar-refractivity contribution in [2.75, 3.05) is 21.3 Å². The summed E-state index contributed by atoms with van der Waals surface area (Å²) in [4.78, 5) is 24.8. The van der Waals surface area contributed by atoms with Crippen molar-refractivity contribution < 1.29 is 28.2 Å². The molecule has 1 aromatic heterocycles. The number of halogens is 1. The zero-order valence-electron chi connectivity index (χ0n) is 15.9. The number of esters is 1. The highest BCUT2D eigenvalue weighted by atomic mass is 35.5. The number of rotatable bonds is 4. The molecular weight excluding hydrogens is 400 g/mol. The summed E-state index contributed by atoms with van der Waals surface area (Å²) in [5, 5.41) is 0.282. The smallest absolute Gasteiger partial charge is 0.312 e. The van der Waals surface area contributed by atoms with Gasteiger partial charge in [-0.1, -0.05) is 11.6 Å². The van der Waals surface area contributed by atoms with Gasteiger partial charge in [0.15, 0.2) is 11.5 Å². The average Bonchev–Trinajstić information content (AvgIpc) is 2.74. The standard InChI is InChI=1S/C21H17ClO7/c1-25-15-8-17(27-3)16(26-2)6-11(15)12-7-18(23)29-14-5-4-10-20(24)13(22)9-28-21(10)19(12)14/h4-6,8-9,12H,7H2,1-3H3/t12-/m1/s1. The molecule has 1 aliphatic rings. The van der Waals surface area contributed by atoms with Gasteiger partial charge in [-0.25, -0.2) is 0 Å². The van der Waals surface area contributed by atoms with E-state index in [4.69, 9.17) is 35.0 Å². The molecule has 0 saturated carbocycles. The van der Waals surface area contributed by atoms with E-state index in [1.165, 1.54) is 33.7 Å². The third kappa shape index (κ3) is 3.07. The first-order chi connectivity index (χ1) is 14.0. The molecule has 0 aliphatic carbocycles. The largest absolute Gasteiger partial charge is 0.496 e. The minimum Gasteiger partial charge on any atom is -0.496 e. The summed E-state index contributed by atoms with van der Waals surface area (Å²) in [6, 6.07) is 6.54. The summed E-state index contributed by atoms with van der Waals surface area (Å²) in [5.74, 6) is 0.892. The quantitative estimate of drug-likeness (QED) is 0.471. The molecular formula is C21H17ClO7. The Balaban J connectivity index is 2.03. The van der Waals surface area contributed by atoms with Crippen molar-refractivity contribution in [1.29, 1.82) is 0 Å². The first-order valence-corrected chi connectivity index (χ1v) is 9.10. The van der Waals surface area contributed by atoms with Crippen LogP contribution in [0.3, 0.4) is 0 Å². The van der Waals surface area contributed by atoms with E-state index in [-0.39, 0.29) is 16.9 Å². The molecule has 2 heterocycles. The van der Waals surface area contributed by atoms with Gasteiger partial charge in [-0.2, -0.15) is 0 Å². The Hall–Kier alpha value is -3.19. The molecule has 0 amide bonds. The maximum absolute atomic E-state index is 12.5. The fraction of sp³-hybridized carbons (Fsp3) is 0.238. The van der Waals surface area contributed by atoms with Crippen LogP contribution in [0.2, 0.25) is 5.02 Å². The van der Waals surface area contributed by atoms with Crippen LogP contribution in [0.15, 0.2) is 39.7 Å². The zero-order chi connectivity index (χ0) is 20.7. The molecule has 29 heavy (non-hydrogen) atoms. The molecule has 0 spiro atoms. The molecule has 0 fully saturated rings. The molecule has 0 saturated heterocycles. The Morgan fingerprint density at radius 1 is 1.00 bits per heavy atom. The lowest BCUT2D eigenvalue weighted by atomic mass is 9.84. The molecule has 0 bridgehead atoms. The second kappa shape index (κ2) is 7.33. The molecule has 0 N–H and O–H groups in total. The fourth-order valence-corrected chi connectivity index (χ4v) is 3.77. The summed E-state index contributed by atoms with van der Waals surface area (Å²) in [7, 11) is 4.57. The highest BCUT2D eigenvalue weighted by Gasteiger charge is 2.34. The molecule has 150 valence electrons. The number of methoxy groups -OCH3 is 3.